The molecule has 1 N–H and O–H groups in total. The van der Waals surface area contributed by atoms with Gasteiger partial charge >= 0.3 is 5.97 Å². The second-order valence-corrected chi connectivity index (χ2v) is 5.14. The largest absolute Gasteiger partial charge is 0.491 e. The maximum absolute atomic E-state index is 11.5. The van der Waals surface area contributed by atoms with Gasteiger partial charge in [0.2, 0.25) is 5.95 Å². The van der Waals surface area contributed by atoms with E-state index in [1.54, 1.807) is 13.0 Å². The highest BCUT2D eigenvalue weighted by Crippen LogP contribution is 2.35. The van der Waals surface area contributed by atoms with Gasteiger partial charge in [0, 0.05) is 23.0 Å². The lowest BCUT2D eigenvalue weighted by Crippen LogP contribution is -2.14. The molecule has 0 spiro atoms. The second kappa shape index (κ2) is 6.19. The lowest BCUT2D eigenvalue weighted by atomic mass is 10.1. The Hall–Kier alpha value is -2.34. The number of rotatable bonds is 4. The zero-order chi connectivity index (χ0) is 15.5. The summed E-state index contributed by atoms with van der Waals surface area (Å²) in [5.74, 6) is 0.746. The highest BCUT2D eigenvalue weighted by Gasteiger charge is 2.24. The van der Waals surface area contributed by atoms with Crippen LogP contribution in [-0.2, 0) is 4.74 Å². The number of fused-ring (bicyclic) bond motifs is 1. The number of halogens is 1. The summed E-state index contributed by atoms with van der Waals surface area (Å²) < 4.78 is 10.5. The molecule has 0 aliphatic carbocycles. The molecule has 1 unspecified atom stereocenters. The van der Waals surface area contributed by atoms with Crippen LogP contribution in [0.15, 0.2) is 30.6 Å². The number of hydrogen-bond acceptors (Lipinski definition) is 6. The van der Waals surface area contributed by atoms with Crippen molar-refractivity contribution < 1.29 is 14.3 Å². The normalized spacial score (nSPS) is 15.8. The van der Waals surface area contributed by atoms with Crippen molar-refractivity contribution >= 4 is 23.5 Å². The minimum Gasteiger partial charge on any atom is -0.491 e. The summed E-state index contributed by atoms with van der Waals surface area (Å²) in [6.07, 6.45) is 2.87. The molecule has 2 aromatic rings. The second-order valence-electron chi connectivity index (χ2n) is 4.71. The predicted molar refractivity (Wildman–Crippen MR) is 81.3 cm³/mol. The Labute approximate surface area is 132 Å². The van der Waals surface area contributed by atoms with Gasteiger partial charge in [-0.2, -0.15) is 0 Å². The zero-order valence-electron chi connectivity index (χ0n) is 11.9. The van der Waals surface area contributed by atoms with Gasteiger partial charge in [0.15, 0.2) is 0 Å². The maximum Gasteiger partial charge on any atom is 0.341 e. The van der Waals surface area contributed by atoms with Gasteiger partial charge in [0.05, 0.1) is 18.2 Å². The van der Waals surface area contributed by atoms with Crippen LogP contribution in [-0.4, -0.2) is 29.2 Å². The average Bonchev–Trinajstić information content (AvgIpc) is 2.90. The number of aromatic nitrogens is 2. The summed E-state index contributed by atoms with van der Waals surface area (Å²) in [7, 11) is 0. The van der Waals surface area contributed by atoms with Gasteiger partial charge in [-0.25, -0.2) is 14.8 Å². The Balaban J connectivity index is 1.71. The number of carbonyl (C=O) groups excluding carboxylic acids is 1. The third kappa shape index (κ3) is 2.96. The van der Waals surface area contributed by atoms with E-state index in [0.29, 0.717) is 29.7 Å². The highest BCUT2D eigenvalue weighted by molar-refractivity contribution is 6.30. The van der Waals surface area contributed by atoms with Gasteiger partial charge in [-0.1, -0.05) is 17.7 Å². The summed E-state index contributed by atoms with van der Waals surface area (Å²) in [6.45, 7) is 2.54. The van der Waals surface area contributed by atoms with Crippen molar-refractivity contribution in [1.82, 2.24) is 9.97 Å². The van der Waals surface area contributed by atoms with Crippen LogP contribution in [0.3, 0.4) is 0 Å². The third-order valence-corrected chi connectivity index (χ3v) is 3.46. The molecule has 0 saturated carbocycles. The average molecular weight is 320 g/mol. The Kier molecular flexibility index (Phi) is 4.11. The first-order valence-corrected chi connectivity index (χ1v) is 7.23. The summed E-state index contributed by atoms with van der Waals surface area (Å²) in [6, 6.07) is 5.45. The highest BCUT2D eigenvalue weighted by atomic mass is 35.5. The van der Waals surface area contributed by atoms with Gasteiger partial charge in [-0.05, 0) is 19.1 Å². The van der Waals surface area contributed by atoms with Crippen molar-refractivity contribution in [1.29, 1.82) is 0 Å². The lowest BCUT2D eigenvalue weighted by Gasteiger charge is -2.11. The molecule has 6 nitrogen and oxygen atoms in total. The fraction of sp³-hybridized carbons (Fsp3) is 0.267. The molecule has 0 radical (unpaired) electrons. The molecule has 1 aromatic carbocycles. The number of nitrogens with one attached hydrogen (secondary N) is 1. The molecule has 7 heteroatoms. The van der Waals surface area contributed by atoms with E-state index in [9.17, 15) is 4.79 Å². The predicted octanol–water partition coefficient (Wildman–Crippen LogP) is 2.85. The van der Waals surface area contributed by atoms with Gasteiger partial charge in [-0.15, -0.1) is 0 Å². The summed E-state index contributed by atoms with van der Waals surface area (Å²) in [4.78, 5) is 19.8. The minimum atomic E-state index is -0.432. The number of carbonyl (C=O) groups is 1. The molecule has 0 amide bonds. The van der Waals surface area contributed by atoms with E-state index in [4.69, 9.17) is 21.1 Å². The van der Waals surface area contributed by atoms with Gasteiger partial charge in [0.25, 0.3) is 0 Å². The summed E-state index contributed by atoms with van der Waals surface area (Å²) in [5.41, 5.74) is 1.32. The molecule has 114 valence electrons. The number of ether oxygens (including phenoxy) is 2. The Bertz CT molecular complexity index is 691. The topological polar surface area (TPSA) is 73.3 Å². The van der Waals surface area contributed by atoms with Crippen molar-refractivity contribution in [3.8, 4) is 5.75 Å². The number of anilines is 1. The summed E-state index contributed by atoms with van der Waals surface area (Å²) >= 11 is 5.94. The lowest BCUT2D eigenvalue weighted by molar-refractivity contribution is 0.0525. The van der Waals surface area contributed by atoms with Crippen LogP contribution in [0.25, 0.3) is 0 Å². The van der Waals surface area contributed by atoms with Crippen LogP contribution in [0.5, 0.6) is 5.75 Å². The molecule has 1 aliphatic rings. The smallest absolute Gasteiger partial charge is 0.341 e. The van der Waals surface area contributed by atoms with Crippen LogP contribution in [0, 0.1) is 0 Å². The fourth-order valence-corrected chi connectivity index (χ4v) is 2.34. The van der Waals surface area contributed by atoms with Crippen molar-refractivity contribution in [3.05, 3.63) is 46.7 Å². The SMILES string of the molecule is CCOC(=O)c1cnc(NC2COc3cc(Cl)ccc32)nc1. The number of benzene rings is 1. The Morgan fingerprint density at radius 1 is 1.45 bits per heavy atom. The van der Waals surface area contributed by atoms with Gasteiger partial charge in [0.1, 0.15) is 12.4 Å². The molecule has 2 heterocycles. The number of hydrogen-bond donors (Lipinski definition) is 1. The molecular weight excluding hydrogens is 306 g/mol. The van der Waals surface area contributed by atoms with E-state index in [-0.39, 0.29) is 6.04 Å². The molecule has 1 aliphatic heterocycles. The van der Waals surface area contributed by atoms with Crippen LogP contribution in [0.1, 0.15) is 28.9 Å². The van der Waals surface area contributed by atoms with E-state index in [0.717, 1.165) is 11.3 Å². The molecule has 22 heavy (non-hydrogen) atoms. The van der Waals surface area contributed by atoms with Crippen molar-refractivity contribution in [3.63, 3.8) is 0 Å². The van der Waals surface area contributed by atoms with E-state index in [1.165, 1.54) is 12.4 Å². The first-order valence-electron chi connectivity index (χ1n) is 6.85. The minimum absolute atomic E-state index is 0.0549. The molecule has 0 bridgehead atoms. The van der Waals surface area contributed by atoms with Crippen molar-refractivity contribution in [2.24, 2.45) is 0 Å². The van der Waals surface area contributed by atoms with Crippen molar-refractivity contribution in [2.45, 2.75) is 13.0 Å². The van der Waals surface area contributed by atoms with E-state index in [2.05, 4.69) is 15.3 Å². The van der Waals surface area contributed by atoms with Crippen LogP contribution >= 0.6 is 11.6 Å². The molecule has 0 saturated heterocycles. The van der Waals surface area contributed by atoms with Crippen LogP contribution < -0.4 is 10.1 Å². The molecule has 1 aromatic heterocycles. The molecule has 1 atom stereocenters. The van der Waals surface area contributed by atoms with Crippen molar-refractivity contribution in [2.75, 3.05) is 18.5 Å². The first kappa shape index (κ1) is 14.6. The van der Waals surface area contributed by atoms with E-state index >= 15 is 0 Å². The molecular formula is C15H14ClN3O3. The quantitative estimate of drug-likeness (QED) is 0.874. The van der Waals surface area contributed by atoms with Gasteiger partial charge in [-0.3, -0.25) is 0 Å². The fourth-order valence-electron chi connectivity index (χ4n) is 2.18. The Morgan fingerprint density at radius 3 is 2.95 bits per heavy atom. The maximum atomic E-state index is 11.5. The first-order chi connectivity index (χ1) is 10.7. The van der Waals surface area contributed by atoms with Crippen LogP contribution in [0.2, 0.25) is 5.02 Å². The monoisotopic (exact) mass is 319 g/mol. The van der Waals surface area contributed by atoms with Crippen LogP contribution in [0.4, 0.5) is 5.95 Å². The standard InChI is InChI=1S/C15H14ClN3O3/c1-2-21-14(20)9-6-17-15(18-7-9)19-12-8-22-13-5-10(16)3-4-11(12)13/h3-7,12H,2,8H2,1H3,(H,17,18,19). The molecule has 3 rings (SSSR count). The number of esters is 1. The zero-order valence-corrected chi connectivity index (χ0v) is 12.6. The van der Waals surface area contributed by atoms with E-state index < -0.39 is 5.97 Å². The Morgan fingerprint density at radius 2 is 2.23 bits per heavy atom. The number of nitrogens with zero attached hydrogens (tertiary/aromatic N) is 2. The summed E-state index contributed by atoms with van der Waals surface area (Å²) in [5, 5.41) is 3.81. The van der Waals surface area contributed by atoms with E-state index in [1.807, 2.05) is 12.1 Å². The van der Waals surface area contributed by atoms with Gasteiger partial charge < -0.3 is 14.8 Å². The third-order valence-electron chi connectivity index (χ3n) is 3.22. The molecule has 0 fully saturated rings.